The molecule has 1 N–H and O–H groups in total. The smallest absolute Gasteiger partial charge is 0.350 e. The fraction of sp³-hybridized carbons (Fsp3) is 0.125. The summed E-state index contributed by atoms with van der Waals surface area (Å²) in [6.45, 7) is 0. The second-order valence-corrected chi connectivity index (χ2v) is 5.23. The molecule has 3 aromatic rings. The number of amides is 1. The quantitative estimate of drug-likeness (QED) is 0.719. The molecule has 8 heteroatoms. The minimum absolute atomic E-state index is 0.0582. The van der Waals surface area contributed by atoms with E-state index in [1.54, 1.807) is 11.6 Å². The van der Waals surface area contributed by atoms with Gasteiger partial charge in [0.1, 0.15) is 5.82 Å². The van der Waals surface area contributed by atoms with Gasteiger partial charge in [0, 0.05) is 30.2 Å². The maximum Gasteiger partial charge on any atom is 0.416 e. The van der Waals surface area contributed by atoms with Crippen LogP contribution in [0.5, 0.6) is 0 Å². The Labute approximate surface area is 133 Å². The SMILES string of the molecule is Cn1cc(C(=O)Nc2cncc(F)c2)c2cc(C(F)(F)F)ccc21. The molecule has 4 nitrogen and oxygen atoms in total. The van der Waals surface area contributed by atoms with Crippen molar-refractivity contribution in [1.82, 2.24) is 9.55 Å². The van der Waals surface area contributed by atoms with E-state index in [0.29, 0.717) is 5.52 Å². The van der Waals surface area contributed by atoms with E-state index in [1.165, 1.54) is 18.5 Å². The first-order valence-corrected chi connectivity index (χ1v) is 6.84. The zero-order valence-corrected chi connectivity index (χ0v) is 12.4. The van der Waals surface area contributed by atoms with Crippen LogP contribution in [0.4, 0.5) is 23.2 Å². The minimum atomic E-state index is -4.51. The van der Waals surface area contributed by atoms with Gasteiger partial charge in [-0.3, -0.25) is 9.78 Å². The molecule has 0 aliphatic heterocycles. The molecule has 2 heterocycles. The number of aromatic nitrogens is 2. The molecule has 0 saturated carbocycles. The number of carbonyl (C=O) groups excluding carboxylic acids is 1. The maximum atomic E-state index is 13.1. The van der Waals surface area contributed by atoms with Crippen molar-refractivity contribution in [2.45, 2.75) is 6.18 Å². The highest BCUT2D eigenvalue weighted by molar-refractivity contribution is 6.13. The van der Waals surface area contributed by atoms with Crippen molar-refractivity contribution in [2.75, 3.05) is 5.32 Å². The largest absolute Gasteiger partial charge is 0.416 e. The van der Waals surface area contributed by atoms with Crippen LogP contribution in [0.1, 0.15) is 15.9 Å². The van der Waals surface area contributed by atoms with E-state index in [9.17, 15) is 22.4 Å². The summed E-state index contributed by atoms with van der Waals surface area (Å²) in [7, 11) is 1.62. The Bertz CT molecular complexity index is 931. The molecule has 0 fully saturated rings. The third-order valence-corrected chi connectivity index (χ3v) is 3.52. The van der Waals surface area contributed by atoms with Gasteiger partial charge in [0.25, 0.3) is 5.91 Å². The normalized spacial score (nSPS) is 11.7. The van der Waals surface area contributed by atoms with E-state index < -0.39 is 23.5 Å². The van der Waals surface area contributed by atoms with Crippen LogP contribution in [0.3, 0.4) is 0 Å². The minimum Gasteiger partial charge on any atom is -0.350 e. The molecule has 0 unspecified atom stereocenters. The summed E-state index contributed by atoms with van der Waals surface area (Å²) in [6, 6.07) is 4.25. The van der Waals surface area contributed by atoms with Crippen LogP contribution in [-0.2, 0) is 13.2 Å². The van der Waals surface area contributed by atoms with E-state index in [4.69, 9.17) is 0 Å². The van der Waals surface area contributed by atoms with Crippen LogP contribution >= 0.6 is 0 Å². The van der Waals surface area contributed by atoms with Gasteiger partial charge in [0.2, 0.25) is 0 Å². The molecule has 0 radical (unpaired) electrons. The number of nitrogens with one attached hydrogen (secondary N) is 1. The number of benzene rings is 1. The molecule has 24 heavy (non-hydrogen) atoms. The van der Waals surface area contributed by atoms with Crippen LogP contribution in [0, 0.1) is 5.82 Å². The monoisotopic (exact) mass is 337 g/mol. The lowest BCUT2D eigenvalue weighted by molar-refractivity contribution is -0.137. The number of alkyl halides is 3. The van der Waals surface area contributed by atoms with Crippen molar-refractivity contribution in [3.8, 4) is 0 Å². The zero-order valence-electron chi connectivity index (χ0n) is 12.4. The molecule has 0 bridgehead atoms. The van der Waals surface area contributed by atoms with Gasteiger partial charge < -0.3 is 9.88 Å². The summed E-state index contributed by atoms with van der Waals surface area (Å²) in [5.74, 6) is -1.28. The first-order chi connectivity index (χ1) is 11.3. The topological polar surface area (TPSA) is 46.9 Å². The average molecular weight is 337 g/mol. The van der Waals surface area contributed by atoms with E-state index in [-0.39, 0.29) is 16.6 Å². The molecule has 3 rings (SSSR count). The number of pyridine rings is 1. The summed E-state index contributed by atoms with van der Waals surface area (Å²) < 4.78 is 53.3. The highest BCUT2D eigenvalue weighted by atomic mass is 19.4. The Kier molecular flexibility index (Phi) is 3.75. The van der Waals surface area contributed by atoms with Crippen molar-refractivity contribution < 1.29 is 22.4 Å². The van der Waals surface area contributed by atoms with Crippen molar-refractivity contribution in [3.05, 3.63) is 59.8 Å². The highest BCUT2D eigenvalue weighted by Crippen LogP contribution is 2.33. The summed E-state index contributed by atoms with van der Waals surface area (Å²) in [4.78, 5) is 16.0. The molecular weight excluding hydrogens is 326 g/mol. The van der Waals surface area contributed by atoms with Crippen LogP contribution in [-0.4, -0.2) is 15.5 Å². The van der Waals surface area contributed by atoms with Crippen LogP contribution in [0.25, 0.3) is 10.9 Å². The van der Waals surface area contributed by atoms with Gasteiger partial charge in [-0.15, -0.1) is 0 Å². The Hall–Kier alpha value is -2.90. The number of hydrogen-bond acceptors (Lipinski definition) is 2. The average Bonchev–Trinajstić information content (AvgIpc) is 2.83. The predicted molar refractivity (Wildman–Crippen MR) is 80.1 cm³/mol. The Morgan fingerprint density at radius 3 is 2.62 bits per heavy atom. The molecule has 1 amide bonds. The van der Waals surface area contributed by atoms with Gasteiger partial charge in [0.05, 0.1) is 29.2 Å². The Morgan fingerprint density at radius 2 is 1.96 bits per heavy atom. The second kappa shape index (κ2) is 5.63. The van der Waals surface area contributed by atoms with Gasteiger partial charge in [-0.1, -0.05) is 0 Å². The van der Waals surface area contributed by atoms with Gasteiger partial charge in [-0.05, 0) is 18.2 Å². The van der Waals surface area contributed by atoms with Gasteiger partial charge in [0.15, 0.2) is 0 Å². The van der Waals surface area contributed by atoms with E-state index >= 15 is 0 Å². The lowest BCUT2D eigenvalue weighted by Gasteiger charge is -2.07. The van der Waals surface area contributed by atoms with Crippen LogP contribution < -0.4 is 5.32 Å². The summed E-state index contributed by atoms with van der Waals surface area (Å²) >= 11 is 0. The van der Waals surface area contributed by atoms with E-state index in [1.807, 2.05) is 0 Å². The molecule has 1 aromatic carbocycles. The molecule has 0 spiro atoms. The van der Waals surface area contributed by atoms with Crippen molar-refractivity contribution in [3.63, 3.8) is 0 Å². The summed E-state index contributed by atoms with van der Waals surface area (Å²) in [6.07, 6.45) is -0.867. The number of fused-ring (bicyclic) bond motifs is 1. The van der Waals surface area contributed by atoms with Crippen molar-refractivity contribution >= 4 is 22.5 Å². The van der Waals surface area contributed by atoms with Crippen LogP contribution in [0.2, 0.25) is 0 Å². The lowest BCUT2D eigenvalue weighted by atomic mass is 10.1. The maximum absolute atomic E-state index is 13.1. The number of aryl methyl sites for hydroxylation is 1. The Balaban J connectivity index is 2.03. The molecule has 0 atom stereocenters. The number of rotatable bonds is 2. The first kappa shape index (κ1) is 16.0. The standard InChI is InChI=1S/C16H11F4N3O/c1-23-8-13(15(24)22-11-5-10(17)6-21-7-11)12-4-9(16(18,19)20)2-3-14(12)23/h2-8H,1H3,(H,22,24). The molecular formula is C16H11F4N3O. The zero-order chi connectivity index (χ0) is 17.5. The van der Waals surface area contributed by atoms with Gasteiger partial charge in [-0.25, -0.2) is 4.39 Å². The summed E-state index contributed by atoms with van der Waals surface area (Å²) in [5, 5.41) is 2.59. The van der Waals surface area contributed by atoms with E-state index in [2.05, 4.69) is 10.3 Å². The lowest BCUT2D eigenvalue weighted by Crippen LogP contribution is -2.12. The molecule has 0 aliphatic rings. The van der Waals surface area contributed by atoms with Crippen molar-refractivity contribution in [2.24, 2.45) is 7.05 Å². The second-order valence-electron chi connectivity index (χ2n) is 5.23. The van der Waals surface area contributed by atoms with E-state index in [0.717, 1.165) is 24.4 Å². The number of hydrogen-bond donors (Lipinski definition) is 1. The fourth-order valence-corrected chi connectivity index (χ4v) is 2.43. The third kappa shape index (κ3) is 2.94. The van der Waals surface area contributed by atoms with Crippen molar-refractivity contribution in [1.29, 1.82) is 0 Å². The van der Waals surface area contributed by atoms with Gasteiger partial charge in [-0.2, -0.15) is 13.2 Å². The number of nitrogens with zero attached hydrogens (tertiary/aromatic N) is 2. The molecule has 2 aromatic heterocycles. The molecule has 0 saturated heterocycles. The molecule has 0 aliphatic carbocycles. The number of carbonyl (C=O) groups is 1. The first-order valence-electron chi connectivity index (χ1n) is 6.84. The molecule has 124 valence electrons. The number of anilines is 1. The fourth-order valence-electron chi connectivity index (χ4n) is 2.43. The summed E-state index contributed by atoms with van der Waals surface area (Å²) in [5.41, 5.74) is -0.194. The highest BCUT2D eigenvalue weighted by Gasteiger charge is 2.31. The van der Waals surface area contributed by atoms with Gasteiger partial charge >= 0.3 is 6.18 Å². The predicted octanol–water partition coefficient (Wildman–Crippen LogP) is 3.98. The number of halogens is 4. The van der Waals surface area contributed by atoms with Crippen LogP contribution in [0.15, 0.2) is 42.9 Å². The Morgan fingerprint density at radius 1 is 1.21 bits per heavy atom. The third-order valence-electron chi connectivity index (χ3n) is 3.52.